The quantitative estimate of drug-likeness (QED) is 0.310. The molecule has 0 saturated carbocycles. The second-order valence-corrected chi connectivity index (χ2v) is 2.18. The van der Waals surface area contributed by atoms with Crippen LogP contribution >= 0.6 is 0 Å². The highest BCUT2D eigenvalue weighted by Gasteiger charge is 2.08. The van der Waals surface area contributed by atoms with E-state index in [0.717, 1.165) is 6.54 Å². The molecule has 0 aromatic heterocycles. The van der Waals surface area contributed by atoms with E-state index in [0.29, 0.717) is 0 Å². The third-order valence-corrected chi connectivity index (χ3v) is 1.33. The molecule has 1 heterocycles. The fourth-order valence-electron chi connectivity index (χ4n) is 0.884. The van der Waals surface area contributed by atoms with Crippen molar-refractivity contribution < 1.29 is 4.90 Å². The van der Waals surface area contributed by atoms with Gasteiger partial charge in [0.05, 0.1) is 13.1 Å². The highest BCUT2D eigenvalue weighted by atomic mass is 15.1. The minimum absolute atomic E-state index is 1.08. The molecule has 1 nitrogen and oxygen atoms in total. The summed E-state index contributed by atoms with van der Waals surface area (Å²) in [4.78, 5) is 1.35. The monoisotopic (exact) mass is 97.1 g/mol. The Morgan fingerprint density at radius 1 is 1.71 bits per heavy atom. The number of nitrogens with one attached hydrogen (secondary N) is 1. The summed E-state index contributed by atoms with van der Waals surface area (Å²) in [5.41, 5.74) is 1.35. The Kier molecular flexibility index (Phi) is 1.15. The lowest BCUT2D eigenvalue weighted by atomic mass is 10.3. The predicted molar refractivity (Wildman–Crippen MR) is 29.8 cm³/mol. The predicted octanol–water partition coefficient (Wildman–Crippen LogP) is -0.377. The number of hydrogen-bond acceptors (Lipinski definition) is 0. The lowest BCUT2D eigenvalue weighted by Gasteiger charge is -2.08. The molecule has 0 radical (unpaired) electrons. The second kappa shape index (κ2) is 1.66. The fraction of sp³-hybridized carbons (Fsp3) is 0.500. The smallest absolute Gasteiger partial charge is 0.0746 e. The van der Waals surface area contributed by atoms with Crippen molar-refractivity contribution in [2.45, 2.75) is 6.42 Å². The average molecular weight is 97.2 g/mol. The van der Waals surface area contributed by atoms with Crippen LogP contribution in [0.15, 0.2) is 12.2 Å². The van der Waals surface area contributed by atoms with Crippen LogP contribution < -0.4 is 4.90 Å². The van der Waals surface area contributed by atoms with Crippen LogP contribution in [-0.4, -0.2) is 13.1 Å². The van der Waals surface area contributed by atoms with Crippen LogP contribution in [0, 0.1) is 7.05 Å². The summed E-state index contributed by atoms with van der Waals surface area (Å²) in [6, 6.07) is 0. The third kappa shape index (κ3) is 1.03. The van der Waals surface area contributed by atoms with Gasteiger partial charge < -0.3 is 4.90 Å². The van der Waals surface area contributed by atoms with Crippen LogP contribution in [0.25, 0.3) is 0 Å². The molecule has 1 heteroatoms. The van der Waals surface area contributed by atoms with Gasteiger partial charge in [-0.05, 0) is 5.57 Å². The van der Waals surface area contributed by atoms with Gasteiger partial charge in [-0.2, -0.15) is 7.05 Å². The van der Waals surface area contributed by atoms with Crippen LogP contribution in [-0.2, 0) is 0 Å². The summed E-state index contributed by atoms with van der Waals surface area (Å²) in [5, 5.41) is 0. The minimum atomic E-state index is 1.08. The number of rotatable bonds is 0. The summed E-state index contributed by atoms with van der Waals surface area (Å²) in [5.74, 6) is 0. The molecule has 0 aliphatic carbocycles. The van der Waals surface area contributed by atoms with Gasteiger partial charge in [-0.3, -0.25) is 0 Å². The molecule has 0 spiro atoms. The highest BCUT2D eigenvalue weighted by molar-refractivity contribution is 4.96. The van der Waals surface area contributed by atoms with Gasteiger partial charge in [0.2, 0.25) is 0 Å². The van der Waals surface area contributed by atoms with Gasteiger partial charge in [-0.15, -0.1) is 0 Å². The van der Waals surface area contributed by atoms with E-state index in [2.05, 4.69) is 13.6 Å². The Labute approximate surface area is 44.6 Å². The van der Waals surface area contributed by atoms with Gasteiger partial charge in [-0.25, -0.2) is 0 Å². The molecule has 0 aromatic carbocycles. The topological polar surface area (TPSA) is 4.44 Å². The zero-order valence-corrected chi connectivity index (χ0v) is 4.54. The molecule has 0 bridgehead atoms. The first-order chi connectivity index (χ1) is 3.29. The zero-order valence-electron chi connectivity index (χ0n) is 4.54. The molecule has 1 N–H and O–H groups in total. The molecule has 1 rings (SSSR count). The van der Waals surface area contributed by atoms with Gasteiger partial charge >= 0.3 is 0 Å². The minimum Gasteiger partial charge on any atom is -0.464 e. The van der Waals surface area contributed by atoms with Crippen molar-refractivity contribution in [2.24, 2.45) is 0 Å². The second-order valence-electron chi connectivity index (χ2n) is 2.18. The molecule has 1 atom stereocenters. The summed E-state index contributed by atoms with van der Waals surface area (Å²) in [7, 11) is 3.84. The molecule has 0 amide bonds. The maximum atomic E-state index is 3.84. The Morgan fingerprint density at radius 3 is 2.57 bits per heavy atom. The van der Waals surface area contributed by atoms with E-state index in [4.69, 9.17) is 0 Å². The Morgan fingerprint density at radius 2 is 2.43 bits per heavy atom. The summed E-state index contributed by atoms with van der Waals surface area (Å²) in [6.45, 7) is 6.11. The first kappa shape index (κ1) is 4.85. The van der Waals surface area contributed by atoms with Gasteiger partial charge in [0, 0.05) is 6.42 Å². The van der Waals surface area contributed by atoms with E-state index >= 15 is 0 Å². The summed E-state index contributed by atoms with van der Waals surface area (Å²) >= 11 is 0. The van der Waals surface area contributed by atoms with Gasteiger partial charge in [0.1, 0.15) is 0 Å². The van der Waals surface area contributed by atoms with Crippen LogP contribution in [0.5, 0.6) is 0 Å². The molecule has 1 unspecified atom stereocenters. The molecule has 7 heavy (non-hydrogen) atoms. The molecular formula is C6H11N. The summed E-state index contributed by atoms with van der Waals surface area (Å²) in [6.07, 6.45) is 1.18. The normalized spacial score (nSPS) is 31.6. The lowest BCUT2D eigenvalue weighted by Crippen LogP contribution is -3.04. The fourth-order valence-corrected chi connectivity index (χ4v) is 0.884. The summed E-state index contributed by atoms with van der Waals surface area (Å²) < 4.78 is 0. The van der Waals surface area contributed by atoms with Crippen molar-refractivity contribution in [2.75, 3.05) is 13.1 Å². The van der Waals surface area contributed by atoms with Crippen molar-refractivity contribution >= 4 is 0 Å². The van der Waals surface area contributed by atoms with Crippen molar-refractivity contribution in [3.05, 3.63) is 19.2 Å². The first-order valence-electron chi connectivity index (χ1n) is 2.62. The molecule has 1 aliphatic heterocycles. The van der Waals surface area contributed by atoms with Gasteiger partial charge in [0.25, 0.3) is 0 Å². The maximum Gasteiger partial charge on any atom is 0.0746 e. The number of likely N-dealkylation sites (tertiary alicyclic amines) is 1. The molecule has 1 fully saturated rings. The Balaban J connectivity index is 2.40. The standard InChI is InChI=1S/C6H11N/c1-6-3-4-7(2)5-6/h7H,1-5H2. The van der Waals surface area contributed by atoms with Gasteiger partial charge in [0.15, 0.2) is 0 Å². The van der Waals surface area contributed by atoms with Crippen molar-refractivity contribution in [1.29, 1.82) is 0 Å². The largest absolute Gasteiger partial charge is 0.464 e. The zero-order chi connectivity index (χ0) is 5.28. The van der Waals surface area contributed by atoms with Crippen molar-refractivity contribution in [3.8, 4) is 0 Å². The molecule has 1 aliphatic rings. The van der Waals surface area contributed by atoms with Crippen LogP contribution in [0.1, 0.15) is 6.42 Å². The highest BCUT2D eigenvalue weighted by Crippen LogP contribution is 1.95. The lowest BCUT2D eigenvalue weighted by molar-refractivity contribution is -0.837. The van der Waals surface area contributed by atoms with Crippen LogP contribution in [0.4, 0.5) is 0 Å². The van der Waals surface area contributed by atoms with Crippen LogP contribution in [0.2, 0.25) is 0 Å². The van der Waals surface area contributed by atoms with Crippen molar-refractivity contribution in [3.63, 3.8) is 0 Å². The van der Waals surface area contributed by atoms with E-state index in [1.54, 1.807) is 0 Å². The molecule has 1 saturated heterocycles. The van der Waals surface area contributed by atoms with Crippen LogP contribution in [0.3, 0.4) is 0 Å². The number of hydrogen-bond donors (Lipinski definition) is 1. The Hall–Kier alpha value is -0.300. The van der Waals surface area contributed by atoms with Gasteiger partial charge in [-0.1, -0.05) is 6.58 Å². The maximum absolute atomic E-state index is 3.84. The van der Waals surface area contributed by atoms with E-state index in [1.807, 2.05) is 0 Å². The van der Waals surface area contributed by atoms with E-state index in [1.165, 1.54) is 23.4 Å². The van der Waals surface area contributed by atoms with Crippen molar-refractivity contribution in [1.82, 2.24) is 0 Å². The Bertz CT molecular complexity index is 86.2. The molecule has 40 valence electrons. The van der Waals surface area contributed by atoms with E-state index < -0.39 is 0 Å². The van der Waals surface area contributed by atoms with E-state index in [9.17, 15) is 0 Å². The SMILES string of the molecule is C=C1CC[NH+]([CH2-])C1. The third-order valence-electron chi connectivity index (χ3n) is 1.33. The van der Waals surface area contributed by atoms with E-state index in [-0.39, 0.29) is 0 Å². The first-order valence-corrected chi connectivity index (χ1v) is 2.62. The number of quaternary nitrogens is 1. The average Bonchev–Trinajstić information content (AvgIpc) is 1.87. The molecular weight excluding hydrogens is 86.1 g/mol. The molecule has 0 aromatic rings.